The van der Waals surface area contributed by atoms with E-state index in [4.69, 9.17) is 23.9 Å². The van der Waals surface area contributed by atoms with Gasteiger partial charge in [0.25, 0.3) is 0 Å². The van der Waals surface area contributed by atoms with Gasteiger partial charge >= 0.3 is 0 Å². The number of benzene rings is 2. The summed E-state index contributed by atoms with van der Waals surface area (Å²) in [5.74, 6) is 4.39. The van der Waals surface area contributed by atoms with Crippen molar-refractivity contribution in [3.63, 3.8) is 0 Å². The third kappa shape index (κ3) is 4.26. The van der Waals surface area contributed by atoms with E-state index >= 15 is 0 Å². The van der Waals surface area contributed by atoms with Crippen LogP contribution in [0.25, 0.3) is 0 Å². The van der Waals surface area contributed by atoms with Gasteiger partial charge in [-0.2, -0.15) is 0 Å². The molecule has 6 heteroatoms. The Kier molecular flexibility index (Phi) is 6.92. The van der Waals surface area contributed by atoms with Crippen LogP contribution in [0.2, 0.25) is 0 Å². The van der Waals surface area contributed by atoms with Gasteiger partial charge in [0, 0.05) is 30.4 Å². The van der Waals surface area contributed by atoms with Crippen LogP contribution in [-0.4, -0.2) is 58.7 Å². The Labute approximate surface area is 209 Å². The molecule has 0 bridgehead atoms. The van der Waals surface area contributed by atoms with E-state index in [-0.39, 0.29) is 0 Å². The number of piperidine rings is 1. The third-order valence-electron chi connectivity index (χ3n) is 8.35. The summed E-state index contributed by atoms with van der Waals surface area (Å²) in [6, 6.07) is 9.12. The lowest BCUT2D eigenvalue weighted by Gasteiger charge is -2.49. The van der Waals surface area contributed by atoms with Crippen LogP contribution in [0.15, 0.2) is 29.3 Å². The van der Waals surface area contributed by atoms with Crippen LogP contribution in [0.3, 0.4) is 0 Å². The van der Waals surface area contributed by atoms with Crippen LogP contribution in [0.4, 0.5) is 0 Å². The number of hydrogen-bond acceptors (Lipinski definition) is 6. The van der Waals surface area contributed by atoms with Crippen molar-refractivity contribution in [3.05, 3.63) is 46.5 Å². The summed E-state index contributed by atoms with van der Waals surface area (Å²) in [6.45, 7) is 5.43. The number of fused-ring (bicyclic) bond motifs is 4. The number of nitrogens with zero attached hydrogens (tertiary/aromatic N) is 2. The molecule has 0 aliphatic carbocycles. The second-order valence-electron chi connectivity index (χ2n) is 9.90. The van der Waals surface area contributed by atoms with Crippen LogP contribution in [-0.2, 0) is 12.8 Å². The van der Waals surface area contributed by atoms with Crippen molar-refractivity contribution in [1.82, 2.24) is 4.90 Å². The quantitative estimate of drug-likeness (QED) is 0.554. The molecule has 0 unspecified atom stereocenters. The summed E-state index contributed by atoms with van der Waals surface area (Å²) in [7, 11) is 6.86. The second kappa shape index (κ2) is 10.1. The molecule has 35 heavy (non-hydrogen) atoms. The molecule has 3 aliphatic heterocycles. The Balaban J connectivity index is 1.46. The lowest BCUT2D eigenvalue weighted by atomic mass is 9.70. The van der Waals surface area contributed by atoms with Crippen molar-refractivity contribution in [2.45, 2.75) is 45.1 Å². The minimum absolute atomic E-state index is 0.413. The molecule has 0 saturated carbocycles. The Morgan fingerprint density at radius 2 is 1.49 bits per heavy atom. The molecule has 1 saturated heterocycles. The van der Waals surface area contributed by atoms with E-state index in [2.05, 4.69) is 36.1 Å². The molecule has 0 aromatic heterocycles. The molecule has 3 heterocycles. The minimum Gasteiger partial charge on any atom is -0.493 e. The van der Waals surface area contributed by atoms with Gasteiger partial charge in [0.05, 0.1) is 28.4 Å². The molecule has 0 N–H and O–H groups in total. The predicted octanol–water partition coefficient (Wildman–Crippen LogP) is 5.10. The van der Waals surface area contributed by atoms with Crippen LogP contribution in [0, 0.1) is 11.8 Å². The van der Waals surface area contributed by atoms with E-state index in [1.807, 2.05) is 0 Å². The van der Waals surface area contributed by atoms with Gasteiger partial charge in [-0.15, -0.1) is 0 Å². The summed E-state index contributed by atoms with van der Waals surface area (Å²) in [6.07, 6.45) is 5.38. The maximum atomic E-state index is 5.69. The van der Waals surface area contributed by atoms with E-state index in [9.17, 15) is 0 Å². The van der Waals surface area contributed by atoms with E-state index in [0.29, 0.717) is 17.9 Å². The van der Waals surface area contributed by atoms with Gasteiger partial charge in [0.1, 0.15) is 0 Å². The number of methoxy groups -OCH3 is 4. The normalized spacial score (nSPS) is 23.5. The minimum atomic E-state index is 0.413. The highest BCUT2D eigenvalue weighted by atomic mass is 16.5. The Morgan fingerprint density at radius 1 is 0.829 bits per heavy atom. The fraction of sp³-hybridized carbons (Fsp3) is 0.552. The van der Waals surface area contributed by atoms with Gasteiger partial charge in [-0.05, 0) is 85.0 Å². The average Bonchev–Trinajstić information content (AvgIpc) is 2.91. The van der Waals surface area contributed by atoms with Crippen molar-refractivity contribution in [2.75, 3.05) is 48.1 Å². The van der Waals surface area contributed by atoms with Gasteiger partial charge in [-0.1, -0.05) is 13.3 Å². The highest BCUT2D eigenvalue weighted by Crippen LogP contribution is 2.48. The van der Waals surface area contributed by atoms with Gasteiger partial charge in [0.15, 0.2) is 23.0 Å². The molecule has 0 spiro atoms. The highest BCUT2D eigenvalue weighted by molar-refractivity contribution is 6.03. The molecule has 3 atom stereocenters. The number of hydrogen-bond donors (Lipinski definition) is 0. The van der Waals surface area contributed by atoms with E-state index < -0.39 is 0 Å². The fourth-order valence-corrected chi connectivity index (χ4v) is 6.61. The fourth-order valence-electron chi connectivity index (χ4n) is 6.61. The lowest BCUT2D eigenvalue weighted by molar-refractivity contribution is 0.0396. The zero-order valence-electron chi connectivity index (χ0n) is 21.7. The molecule has 1 fully saturated rings. The maximum Gasteiger partial charge on any atom is 0.161 e. The van der Waals surface area contributed by atoms with Gasteiger partial charge in [0.2, 0.25) is 0 Å². The van der Waals surface area contributed by atoms with Crippen molar-refractivity contribution in [2.24, 2.45) is 16.8 Å². The SMILES string of the molecule is CC[C@@H]1[C@H](CC2=NCCc3cc(OC)c(OC)cc32)CCN2CCc3cc(OC)c(OC)cc3[C@H]12. The first-order chi connectivity index (χ1) is 17.1. The molecule has 188 valence electrons. The first kappa shape index (κ1) is 24.0. The van der Waals surface area contributed by atoms with Crippen LogP contribution in [0.5, 0.6) is 23.0 Å². The lowest BCUT2D eigenvalue weighted by Crippen LogP contribution is -2.47. The first-order valence-corrected chi connectivity index (χ1v) is 12.9. The maximum absolute atomic E-state index is 5.69. The zero-order chi connectivity index (χ0) is 24.5. The number of ether oxygens (including phenoxy) is 4. The van der Waals surface area contributed by atoms with Crippen LogP contribution in [0.1, 0.15) is 54.5 Å². The van der Waals surface area contributed by atoms with Crippen molar-refractivity contribution in [3.8, 4) is 23.0 Å². The van der Waals surface area contributed by atoms with Gasteiger partial charge in [-0.25, -0.2) is 0 Å². The molecule has 0 amide bonds. The summed E-state index contributed by atoms with van der Waals surface area (Å²) in [5, 5.41) is 0. The van der Waals surface area contributed by atoms with Crippen molar-refractivity contribution < 1.29 is 18.9 Å². The predicted molar refractivity (Wildman–Crippen MR) is 139 cm³/mol. The third-order valence-corrected chi connectivity index (χ3v) is 8.35. The average molecular weight is 479 g/mol. The molecule has 6 nitrogen and oxygen atoms in total. The largest absolute Gasteiger partial charge is 0.493 e. The van der Waals surface area contributed by atoms with Gasteiger partial charge < -0.3 is 18.9 Å². The van der Waals surface area contributed by atoms with E-state index in [1.165, 1.54) is 34.4 Å². The first-order valence-electron chi connectivity index (χ1n) is 12.9. The van der Waals surface area contributed by atoms with Crippen molar-refractivity contribution >= 4 is 5.71 Å². The van der Waals surface area contributed by atoms with E-state index in [0.717, 1.165) is 68.3 Å². The second-order valence-corrected chi connectivity index (χ2v) is 9.90. The standard InChI is InChI=1S/C29H38N2O4/c1-6-21-19(13-24-22-16-27(34-4)25(32-2)14-18(22)7-10-30-24)8-11-31-12-9-20-15-26(33-3)28(35-5)17-23(20)29(21)31/h14-17,19,21,29H,6-13H2,1-5H3/t19-,21+,29-/m0/s1. The van der Waals surface area contributed by atoms with Crippen LogP contribution < -0.4 is 18.9 Å². The molecule has 2 aromatic rings. The monoisotopic (exact) mass is 478 g/mol. The summed E-state index contributed by atoms with van der Waals surface area (Å²) >= 11 is 0. The van der Waals surface area contributed by atoms with Crippen LogP contribution >= 0.6 is 0 Å². The molecule has 5 rings (SSSR count). The van der Waals surface area contributed by atoms with E-state index in [1.54, 1.807) is 28.4 Å². The topological polar surface area (TPSA) is 52.5 Å². The Morgan fingerprint density at radius 3 is 2.17 bits per heavy atom. The number of aliphatic imine (C=N–C) groups is 1. The highest BCUT2D eigenvalue weighted by Gasteiger charge is 2.41. The zero-order valence-corrected chi connectivity index (χ0v) is 21.7. The summed E-state index contributed by atoms with van der Waals surface area (Å²) in [4.78, 5) is 7.73. The smallest absolute Gasteiger partial charge is 0.161 e. The van der Waals surface area contributed by atoms with Gasteiger partial charge in [-0.3, -0.25) is 9.89 Å². The number of rotatable bonds is 7. The Hall–Kier alpha value is -2.73. The van der Waals surface area contributed by atoms with Crippen molar-refractivity contribution in [1.29, 1.82) is 0 Å². The summed E-state index contributed by atoms with van der Waals surface area (Å²) in [5.41, 5.74) is 6.61. The Bertz CT molecular complexity index is 1110. The molecular weight excluding hydrogens is 440 g/mol. The molecule has 3 aliphatic rings. The summed E-state index contributed by atoms with van der Waals surface area (Å²) < 4.78 is 22.5. The molecular formula is C29H38N2O4. The molecule has 0 radical (unpaired) electrons. The molecule has 2 aromatic carbocycles.